The van der Waals surface area contributed by atoms with E-state index in [9.17, 15) is 19.8 Å². The summed E-state index contributed by atoms with van der Waals surface area (Å²) in [6, 6.07) is 2.35. The third kappa shape index (κ3) is 2.72. The van der Waals surface area contributed by atoms with Crippen LogP contribution in [0.3, 0.4) is 0 Å². The number of nitrogens with two attached hydrogens (primary N) is 1. The Morgan fingerprint density at radius 3 is 2.53 bits per heavy atom. The lowest BCUT2D eigenvalue weighted by atomic mass is 9.67. The summed E-state index contributed by atoms with van der Waals surface area (Å²) in [4.78, 5) is 28.1. The molecule has 2 aliphatic heterocycles. The van der Waals surface area contributed by atoms with Gasteiger partial charge in [-0.1, -0.05) is 23.7 Å². The minimum atomic E-state index is -1.18. The van der Waals surface area contributed by atoms with E-state index in [1.54, 1.807) is 32.1 Å². The smallest absolute Gasteiger partial charge is 0.202 e. The fourth-order valence-electron chi connectivity index (χ4n) is 6.50. The average Bonchev–Trinajstić information content (AvgIpc) is 3.62. The molecular weight excluding hydrogens is 484 g/mol. The molecular formula is C30H26N2O6. The number of anilines is 1. The summed E-state index contributed by atoms with van der Waals surface area (Å²) in [5.41, 5.74) is 5.85. The molecule has 0 spiro atoms. The molecule has 2 aliphatic carbocycles. The van der Waals surface area contributed by atoms with Crippen molar-refractivity contribution >= 4 is 17.3 Å². The van der Waals surface area contributed by atoms with E-state index in [4.69, 9.17) is 15.2 Å². The Kier molecular flexibility index (Phi) is 5.08. The number of phenolic OH excluding ortho intramolecular Hbond substituents is 1. The number of fused-ring (bicyclic) bond motifs is 4. The van der Waals surface area contributed by atoms with Gasteiger partial charge in [-0.25, -0.2) is 0 Å². The van der Waals surface area contributed by atoms with Crippen molar-refractivity contribution in [2.24, 2.45) is 11.7 Å². The highest BCUT2D eigenvalue weighted by atomic mass is 16.6. The van der Waals surface area contributed by atoms with E-state index < -0.39 is 40.8 Å². The normalized spacial score (nSPS) is 29.0. The van der Waals surface area contributed by atoms with Gasteiger partial charge in [0.15, 0.2) is 11.4 Å². The maximum absolute atomic E-state index is 14.2. The third-order valence-corrected chi connectivity index (χ3v) is 8.24. The highest BCUT2D eigenvalue weighted by molar-refractivity contribution is 6.32. The van der Waals surface area contributed by atoms with Crippen LogP contribution < -0.4 is 15.8 Å². The zero-order chi connectivity index (χ0) is 27.1. The topological polar surface area (TPSA) is 134 Å². The van der Waals surface area contributed by atoms with Gasteiger partial charge in [0.25, 0.3) is 0 Å². The number of rotatable bonds is 3. The van der Waals surface area contributed by atoms with Crippen molar-refractivity contribution in [3.8, 4) is 35.2 Å². The molecule has 8 heteroatoms. The molecule has 1 fully saturated rings. The van der Waals surface area contributed by atoms with Gasteiger partial charge >= 0.3 is 0 Å². The molecule has 1 saturated heterocycles. The van der Waals surface area contributed by atoms with Gasteiger partial charge < -0.3 is 30.7 Å². The van der Waals surface area contributed by atoms with Crippen LogP contribution >= 0.6 is 0 Å². The molecule has 2 aromatic carbocycles. The summed E-state index contributed by atoms with van der Waals surface area (Å²) in [6.45, 7) is 5.41. The number of ether oxygens (including phenoxy) is 2. The first-order chi connectivity index (χ1) is 18.1. The number of allylic oxidation sites excluding steroid dienone is 2. The quantitative estimate of drug-likeness (QED) is 0.240. The van der Waals surface area contributed by atoms with Gasteiger partial charge in [0.2, 0.25) is 5.78 Å². The van der Waals surface area contributed by atoms with Gasteiger partial charge in [-0.15, -0.1) is 0 Å². The molecule has 2 bridgehead atoms. The van der Waals surface area contributed by atoms with Crippen molar-refractivity contribution in [1.29, 1.82) is 0 Å². The molecule has 0 unspecified atom stereocenters. The first kappa shape index (κ1) is 24.3. The van der Waals surface area contributed by atoms with Crippen molar-refractivity contribution in [1.82, 2.24) is 0 Å². The molecule has 2 heterocycles. The predicted octanol–water partition coefficient (Wildman–Crippen LogP) is 2.30. The number of epoxide rings is 1. The van der Waals surface area contributed by atoms with Crippen LogP contribution in [0.2, 0.25) is 0 Å². The zero-order valence-corrected chi connectivity index (χ0v) is 21.4. The molecule has 0 saturated carbocycles. The second kappa shape index (κ2) is 7.96. The van der Waals surface area contributed by atoms with Gasteiger partial charge in [0.1, 0.15) is 23.1 Å². The first-order valence-electron chi connectivity index (χ1n) is 12.4. The van der Waals surface area contributed by atoms with E-state index in [2.05, 4.69) is 29.0 Å². The number of aryl methyl sites for hydroxylation is 1. The summed E-state index contributed by atoms with van der Waals surface area (Å²) >= 11 is 0. The van der Waals surface area contributed by atoms with Gasteiger partial charge in [-0.3, -0.25) is 9.59 Å². The standard InChI is InChI=1S/C30H26N2O6/c1-14-11-17-22(28(37-4)18(14)13-31)27(36)23-20(34)12-19-25(24(23)26(17)35)32-21-10-8-6-5-7-9-15(2)29(19)30(21,38-29)16(3)33/h5-6,11-12,15-16,21,32-34H,13,31H2,1-4H3/b6-5-/t15-,16-,21+,29-,30+/m1/s1. The maximum atomic E-state index is 14.2. The van der Waals surface area contributed by atoms with E-state index in [0.717, 1.165) is 0 Å². The summed E-state index contributed by atoms with van der Waals surface area (Å²) in [5, 5.41) is 25.5. The molecule has 6 rings (SSSR count). The van der Waals surface area contributed by atoms with E-state index >= 15 is 0 Å². The molecule has 192 valence electrons. The number of carbonyl (C=O) groups is 2. The highest BCUT2D eigenvalue weighted by Crippen LogP contribution is 2.68. The SMILES string of the molecule is COc1c(CN)c(C)cc2c1C(=O)c1c(O)cc3c(c1C2=O)N[C@H]1C#C/C=C\C#C[C@@H](C)[C@@]32O[C@@]12[C@@H](C)O. The number of hydrogen-bond acceptors (Lipinski definition) is 8. The molecule has 0 aromatic heterocycles. The highest BCUT2D eigenvalue weighted by Gasteiger charge is 2.81. The van der Waals surface area contributed by atoms with Crippen LogP contribution in [0.25, 0.3) is 0 Å². The average molecular weight is 511 g/mol. The van der Waals surface area contributed by atoms with Crippen LogP contribution in [0.5, 0.6) is 11.5 Å². The molecule has 0 amide bonds. The third-order valence-electron chi connectivity index (χ3n) is 8.24. The van der Waals surface area contributed by atoms with E-state index in [-0.39, 0.29) is 40.3 Å². The van der Waals surface area contributed by atoms with Crippen LogP contribution in [0.1, 0.15) is 62.4 Å². The molecule has 0 radical (unpaired) electrons. The number of nitrogens with one attached hydrogen (secondary N) is 1. The lowest BCUT2D eigenvalue weighted by Gasteiger charge is -2.38. The number of ketones is 2. The first-order valence-corrected chi connectivity index (χ1v) is 12.4. The number of aliphatic hydroxyl groups excluding tert-OH is 1. The lowest BCUT2D eigenvalue weighted by Crippen LogP contribution is -2.53. The molecule has 4 aliphatic rings. The van der Waals surface area contributed by atoms with Gasteiger partial charge in [0, 0.05) is 23.2 Å². The van der Waals surface area contributed by atoms with Crippen LogP contribution in [0.15, 0.2) is 24.3 Å². The Labute approximate surface area is 219 Å². The molecule has 2 aromatic rings. The van der Waals surface area contributed by atoms with Crippen molar-refractivity contribution in [3.05, 3.63) is 63.2 Å². The number of benzene rings is 2. The van der Waals surface area contributed by atoms with Crippen LogP contribution in [-0.4, -0.2) is 46.6 Å². The summed E-state index contributed by atoms with van der Waals surface area (Å²) in [7, 11) is 1.42. The van der Waals surface area contributed by atoms with Crippen LogP contribution in [0, 0.1) is 36.5 Å². The second-order valence-electron chi connectivity index (χ2n) is 10.1. The Morgan fingerprint density at radius 1 is 1.16 bits per heavy atom. The minimum Gasteiger partial charge on any atom is -0.507 e. The lowest BCUT2D eigenvalue weighted by molar-refractivity contribution is 0.0868. The maximum Gasteiger partial charge on any atom is 0.202 e. The Hall–Kier alpha value is -4.08. The monoisotopic (exact) mass is 510 g/mol. The largest absolute Gasteiger partial charge is 0.507 e. The fourth-order valence-corrected chi connectivity index (χ4v) is 6.50. The van der Waals surface area contributed by atoms with E-state index in [0.29, 0.717) is 22.4 Å². The molecule has 5 atom stereocenters. The van der Waals surface area contributed by atoms with Crippen molar-refractivity contribution in [2.75, 3.05) is 12.4 Å². The second-order valence-corrected chi connectivity index (χ2v) is 10.1. The van der Waals surface area contributed by atoms with E-state index in [1.807, 2.05) is 6.92 Å². The molecule has 38 heavy (non-hydrogen) atoms. The van der Waals surface area contributed by atoms with Crippen molar-refractivity contribution in [3.63, 3.8) is 0 Å². The van der Waals surface area contributed by atoms with Gasteiger partial charge in [-0.2, -0.15) is 0 Å². The molecule has 5 N–H and O–H groups in total. The number of aromatic hydroxyl groups is 1. The van der Waals surface area contributed by atoms with Crippen LogP contribution in [0.4, 0.5) is 5.69 Å². The van der Waals surface area contributed by atoms with Crippen molar-refractivity contribution < 1.29 is 29.3 Å². The number of methoxy groups -OCH3 is 1. The number of carbonyl (C=O) groups excluding carboxylic acids is 2. The zero-order valence-electron chi connectivity index (χ0n) is 21.4. The minimum absolute atomic E-state index is 0.0353. The van der Waals surface area contributed by atoms with E-state index in [1.165, 1.54) is 13.2 Å². The Morgan fingerprint density at radius 2 is 1.87 bits per heavy atom. The summed E-state index contributed by atoms with van der Waals surface area (Å²) < 4.78 is 12.0. The van der Waals surface area contributed by atoms with Gasteiger partial charge in [-0.05, 0) is 50.6 Å². The van der Waals surface area contributed by atoms with Gasteiger partial charge in [0.05, 0.1) is 41.5 Å². The number of phenols is 1. The van der Waals surface area contributed by atoms with Crippen molar-refractivity contribution in [2.45, 2.75) is 50.7 Å². The number of aliphatic hydroxyl groups is 1. The summed E-state index contributed by atoms with van der Waals surface area (Å²) in [5.74, 6) is 10.6. The van der Waals surface area contributed by atoms with Crippen LogP contribution in [-0.2, 0) is 16.9 Å². The Bertz CT molecular complexity index is 1630. The predicted molar refractivity (Wildman–Crippen MR) is 139 cm³/mol. The molecule has 8 nitrogen and oxygen atoms in total. The Balaban J connectivity index is 1.67. The summed E-state index contributed by atoms with van der Waals surface area (Å²) in [6.07, 6.45) is 2.29. The fraction of sp³-hybridized carbons (Fsp3) is 0.333. The number of hydrogen-bond donors (Lipinski definition) is 4.